The van der Waals surface area contributed by atoms with Gasteiger partial charge in [-0.2, -0.15) is 0 Å². The van der Waals surface area contributed by atoms with E-state index in [1.165, 1.54) is 11.1 Å². The van der Waals surface area contributed by atoms with Gasteiger partial charge >= 0.3 is 0 Å². The van der Waals surface area contributed by atoms with E-state index >= 15 is 0 Å². The van der Waals surface area contributed by atoms with E-state index in [2.05, 4.69) is 53.7 Å². The van der Waals surface area contributed by atoms with E-state index in [1.54, 1.807) is 0 Å². The van der Waals surface area contributed by atoms with E-state index in [0.717, 1.165) is 58.1 Å². The summed E-state index contributed by atoms with van der Waals surface area (Å²) in [6.45, 7) is 9.04. The second kappa shape index (κ2) is 11.0. The fourth-order valence-corrected chi connectivity index (χ4v) is 2.58. The molecule has 0 spiro atoms. The van der Waals surface area contributed by atoms with Gasteiger partial charge < -0.3 is 20.1 Å². The number of guanidine groups is 1. The van der Waals surface area contributed by atoms with Crippen LogP contribution in [0.15, 0.2) is 29.3 Å². The summed E-state index contributed by atoms with van der Waals surface area (Å²) in [4.78, 5) is 4.64. The van der Waals surface area contributed by atoms with Gasteiger partial charge in [-0.15, -0.1) is 0 Å². The first-order valence-corrected chi connectivity index (χ1v) is 9.05. The standard InChI is InChI=1S/C19H31N3O2/c1-3-20-19(22-15-17-7-5-16(2)6-8-17)21-11-4-12-24-18-9-13-23-14-10-18/h5-8,18H,3-4,9-15H2,1-2H3,(H2,20,21,22). The number of aryl methyl sites for hydroxylation is 1. The SMILES string of the molecule is CCNC(=NCc1ccc(C)cc1)NCCCOC1CCOCC1. The normalized spacial score (nSPS) is 16.2. The molecule has 0 radical (unpaired) electrons. The summed E-state index contributed by atoms with van der Waals surface area (Å²) in [6.07, 6.45) is 3.40. The van der Waals surface area contributed by atoms with Crippen LogP contribution in [0.3, 0.4) is 0 Å². The molecule has 1 aliphatic rings. The van der Waals surface area contributed by atoms with Crippen molar-refractivity contribution < 1.29 is 9.47 Å². The molecule has 0 aromatic heterocycles. The van der Waals surface area contributed by atoms with Gasteiger partial charge in [-0.1, -0.05) is 29.8 Å². The molecule has 24 heavy (non-hydrogen) atoms. The largest absolute Gasteiger partial charge is 0.381 e. The summed E-state index contributed by atoms with van der Waals surface area (Å²) in [5, 5.41) is 6.66. The highest BCUT2D eigenvalue weighted by Gasteiger charge is 2.13. The number of rotatable bonds is 8. The molecular formula is C19H31N3O2. The highest BCUT2D eigenvalue weighted by molar-refractivity contribution is 5.79. The summed E-state index contributed by atoms with van der Waals surface area (Å²) in [5.41, 5.74) is 2.50. The number of hydrogen-bond acceptors (Lipinski definition) is 3. The van der Waals surface area contributed by atoms with Crippen LogP contribution in [-0.2, 0) is 16.0 Å². The lowest BCUT2D eigenvalue weighted by Gasteiger charge is -2.22. The second-order valence-electron chi connectivity index (χ2n) is 6.14. The van der Waals surface area contributed by atoms with Gasteiger partial charge in [-0.05, 0) is 38.7 Å². The van der Waals surface area contributed by atoms with Gasteiger partial charge in [-0.25, -0.2) is 4.99 Å². The van der Waals surface area contributed by atoms with Gasteiger partial charge in [0.15, 0.2) is 5.96 Å². The molecule has 5 nitrogen and oxygen atoms in total. The predicted octanol–water partition coefficient (Wildman–Crippen LogP) is 2.64. The van der Waals surface area contributed by atoms with E-state index in [1.807, 2.05) is 0 Å². The van der Waals surface area contributed by atoms with Crippen molar-refractivity contribution in [3.63, 3.8) is 0 Å². The third-order valence-electron chi connectivity index (χ3n) is 4.02. The number of nitrogens with one attached hydrogen (secondary N) is 2. The van der Waals surface area contributed by atoms with Gasteiger partial charge in [0.25, 0.3) is 0 Å². The number of ether oxygens (including phenoxy) is 2. The van der Waals surface area contributed by atoms with Crippen molar-refractivity contribution in [1.82, 2.24) is 10.6 Å². The Kier molecular flexibility index (Phi) is 8.63. The van der Waals surface area contributed by atoms with Gasteiger partial charge in [0.2, 0.25) is 0 Å². The Morgan fingerprint density at radius 1 is 1.21 bits per heavy atom. The summed E-state index contributed by atoms with van der Waals surface area (Å²) < 4.78 is 11.2. The van der Waals surface area contributed by atoms with E-state index in [-0.39, 0.29) is 0 Å². The zero-order valence-corrected chi connectivity index (χ0v) is 15.0. The number of hydrogen-bond donors (Lipinski definition) is 2. The Hall–Kier alpha value is -1.59. The third-order valence-corrected chi connectivity index (χ3v) is 4.02. The van der Waals surface area contributed by atoms with E-state index < -0.39 is 0 Å². The van der Waals surface area contributed by atoms with E-state index in [0.29, 0.717) is 12.6 Å². The Morgan fingerprint density at radius 3 is 2.67 bits per heavy atom. The first-order chi connectivity index (χ1) is 11.8. The maximum Gasteiger partial charge on any atom is 0.191 e. The van der Waals surface area contributed by atoms with Crippen molar-refractivity contribution in [3.05, 3.63) is 35.4 Å². The smallest absolute Gasteiger partial charge is 0.191 e. The lowest BCUT2D eigenvalue weighted by molar-refractivity contribution is -0.0320. The molecule has 0 aliphatic carbocycles. The molecule has 5 heteroatoms. The van der Waals surface area contributed by atoms with Crippen molar-refractivity contribution in [2.45, 2.75) is 45.8 Å². The molecule has 0 amide bonds. The molecule has 0 saturated carbocycles. The number of nitrogens with zero attached hydrogens (tertiary/aromatic N) is 1. The van der Waals surface area contributed by atoms with Crippen molar-refractivity contribution >= 4 is 5.96 Å². The molecule has 1 heterocycles. The molecule has 1 aromatic rings. The number of aliphatic imine (C=N–C) groups is 1. The van der Waals surface area contributed by atoms with Crippen molar-refractivity contribution in [2.75, 3.05) is 32.9 Å². The minimum Gasteiger partial charge on any atom is -0.381 e. The Balaban J connectivity index is 1.66. The van der Waals surface area contributed by atoms with Crippen LogP contribution < -0.4 is 10.6 Å². The lowest BCUT2D eigenvalue weighted by atomic mass is 10.1. The summed E-state index contributed by atoms with van der Waals surface area (Å²) >= 11 is 0. The molecule has 0 atom stereocenters. The Labute approximate surface area is 145 Å². The molecule has 0 bridgehead atoms. The highest BCUT2D eigenvalue weighted by atomic mass is 16.5. The fourth-order valence-electron chi connectivity index (χ4n) is 2.58. The molecule has 134 valence electrons. The van der Waals surface area contributed by atoms with Crippen LogP contribution in [0.4, 0.5) is 0 Å². The van der Waals surface area contributed by atoms with E-state index in [9.17, 15) is 0 Å². The highest BCUT2D eigenvalue weighted by Crippen LogP contribution is 2.10. The van der Waals surface area contributed by atoms with Crippen LogP contribution in [0, 0.1) is 6.92 Å². The fraction of sp³-hybridized carbons (Fsp3) is 0.632. The first kappa shape index (κ1) is 18.7. The van der Waals surface area contributed by atoms with Crippen LogP contribution >= 0.6 is 0 Å². The zero-order chi connectivity index (χ0) is 17.0. The monoisotopic (exact) mass is 333 g/mol. The maximum atomic E-state index is 5.88. The van der Waals surface area contributed by atoms with Crippen LogP contribution in [0.1, 0.15) is 37.3 Å². The lowest BCUT2D eigenvalue weighted by Crippen LogP contribution is -2.38. The van der Waals surface area contributed by atoms with Gasteiger partial charge in [0.05, 0.1) is 12.6 Å². The average molecular weight is 333 g/mol. The molecule has 1 saturated heterocycles. The van der Waals surface area contributed by atoms with Crippen LogP contribution in [-0.4, -0.2) is 45.0 Å². The van der Waals surface area contributed by atoms with Crippen LogP contribution in [0.2, 0.25) is 0 Å². The Bertz CT molecular complexity index is 482. The Morgan fingerprint density at radius 2 is 1.96 bits per heavy atom. The van der Waals surface area contributed by atoms with Gasteiger partial charge in [0.1, 0.15) is 0 Å². The summed E-state index contributed by atoms with van der Waals surface area (Å²) in [7, 11) is 0. The maximum absolute atomic E-state index is 5.88. The van der Waals surface area contributed by atoms with Crippen molar-refractivity contribution in [2.24, 2.45) is 4.99 Å². The molecular weight excluding hydrogens is 302 g/mol. The predicted molar refractivity (Wildman–Crippen MR) is 98.4 cm³/mol. The molecule has 2 N–H and O–H groups in total. The second-order valence-corrected chi connectivity index (χ2v) is 6.14. The quantitative estimate of drug-likeness (QED) is 0.436. The third kappa shape index (κ3) is 7.32. The zero-order valence-electron chi connectivity index (χ0n) is 15.0. The minimum atomic E-state index is 0.377. The summed E-state index contributed by atoms with van der Waals surface area (Å²) in [5.74, 6) is 0.865. The van der Waals surface area contributed by atoms with Gasteiger partial charge in [-0.3, -0.25) is 0 Å². The van der Waals surface area contributed by atoms with Gasteiger partial charge in [0, 0.05) is 32.9 Å². The van der Waals surface area contributed by atoms with Crippen molar-refractivity contribution in [3.8, 4) is 0 Å². The molecule has 1 fully saturated rings. The topological polar surface area (TPSA) is 54.9 Å². The molecule has 1 aliphatic heterocycles. The molecule has 2 rings (SSSR count). The van der Waals surface area contributed by atoms with Crippen molar-refractivity contribution in [1.29, 1.82) is 0 Å². The van der Waals surface area contributed by atoms with Crippen LogP contribution in [0.25, 0.3) is 0 Å². The molecule has 1 aromatic carbocycles. The first-order valence-electron chi connectivity index (χ1n) is 9.05. The minimum absolute atomic E-state index is 0.377. The van der Waals surface area contributed by atoms with E-state index in [4.69, 9.17) is 9.47 Å². The van der Waals surface area contributed by atoms with Crippen LogP contribution in [0.5, 0.6) is 0 Å². The average Bonchev–Trinajstić information content (AvgIpc) is 2.61. The molecule has 0 unspecified atom stereocenters. The number of benzene rings is 1. The summed E-state index contributed by atoms with van der Waals surface area (Å²) in [6, 6.07) is 8.51.